The van der Waals surface area contributed by atoms with Gasteiger partial charge in [-0.05, 0) is 38.5 Å². The van der Waals surface area contributed by atoms with Crippen molar-refractivity contribution < 1.29 is 23.9 Å². The van der Waals surface area contributed by atoms with Crippen LogP contribution in [0, 0.1) is 0 Å². The summed E-state index contributed by atoms with van der Waals surface area (Å²) in [5, 5.41) is 2.83. The molecule has 0 saturated heterocycles. The van der Waals surface area contributed by atoms with Crippen LogP contribution in [-0.2, 0) is 14.3 Å². The molecule has 3 rings (SSSR count). The number of nitrogens with zero attached hydrogens (tertiary/aromatic N) is 1. The van der Waals surface area contributed by atoms with Gasteiger partial charge >= 0.3 is 18.0 Å². The van der Waals surface area contributed by atoms with Crippen molar-refractivity contribution in [2.45, 2.75) is 33.0 Å². The molecule has 0 bridgehead atoms. The summed E-state index contributed by atoms with van der Waals surface area (Å²) in [6.07, 6.45) is -0.932. The Morgan fingerprint density at radius 3 is 2.23 bits per heavy atom. The van der Waals surface area contributed by atoms with Crippen LogP contribution in [0.5, 0.6) is 0 Å². The second kappa shape index (κ2) is 9.26. The maximum absolute atomic E-state index is 12.9. The van der Waals surface area contributed by atoms with Gasteiger partial charge in [-0.15, -0.1) is 0 Å². The van der Waals surface area contributed by atoms with Crippen LogP contribution in [0.1, 0.15) is 42.7 Å². The molecular formula is C23H24N2O5. The molecule has 2 aromatic carbocycles. The van der Waals surface area contributed by atoms with Gasteiger partial charge < -0.3 is 14.8 Å². The highest BCUT2D eigenvalue weighted by Gasteiger charge is 2.39. The number of amides is 2. The fourth-order valence-corrected chi connectivity index (χ4v) is 3.41. The topological polar surface area (TPSA) is 84.9 Å². The van der Waals surface area contributed by atoms with E-state index < -0.39 is 30.2 Å². The summed E-state index contributed by atoms with van der Waals surface area (Å²) in [6.45, 7) is 5.14. The lowest BCUT2D eigenvalue weighted by molar-refractivity contribution is -0.139. The second-order valence-corrected chi connectivity index (χ2v) is 6.75. The normalized spacial score (nSPS) is 17.2. The third-order valence-electron chi connectivity index (χ3n) is 4.81. The van der Waals surface area contributed by atoms with Gasteiger partial charge in [0.15, 0.2) is 6.23 Å². The molecule has 2 aromatic rings. The second-order valence-electron chi connectivity index (χ2n) is 6.75. The summed E-state index contributed by atoms with van der Waals surface area (Å²) in [6, 6.07) is 16.5. The first-order chi connectivity index (χ1) is 14.4. The molecule has 2 unspecified atom stereocenters. The summed E-state index contributed by atoms with van der Waals surface area (Å²) < 4.78 is 10.7. The van der Waals surface area contributed by atoms with Crippen LogP contribution in [0.2, 0.25) is 0 Å². The third kappa shape index (κ3) is 4.35. The van der Waals surface area contributed by atoms with Gasteiger partial charge in [-0.2, -0.15) is 0 Å². The average Bonchev–Trinajstić information content (AvgIpc) is 2.74. The zero-order valence-corrected chi connectivity index (χ0v) is 17.1. The Kier molecular flexibility index (Phi) is 6.51. The number of ether oxygens (including phenoxy) is 2. The first kappa shape index (κ1) is 21.1. The highest BCUT2D eigenvalue weighted by atomic mass is 16.6. The summed E-state index contributed by atoms with van der Waals surface area (Å²) in [5.74, 6) is -1.10. The largest absolute Gasteiger partial charge is 0.463 e. The molecule has 7 nitrogen and oxygen atoms in total. The lowest BCUT2D eigenvalue weighted by Crippen LogP contribution is -2.52. The van der Waals surface area contributed by atoms with E-state index in [4.69, 9.17) is 9.47 Å². The number of hydrogen-bond donors (Lipinski definition) is 1. The predicted octanol–water partition coefficient (Wildman–Crippen LogP) is 3.79. The number of hydrogen-bond acceptors (Lipinski definition) is 5. The number of benzene rings is 2. The van der Waals surface area contributed by atoms with Crippen LogP contribution in [0.25, 0.3) is 0 Å². The highest BCUT2D eigenvalue weighted by molar-refractivity contribution is 5.95. The molecule has 0 fully saturated rings. The fraction of sp³-hybridized carbons (Fsp3) is 0.261. The zero-order valence-electron chi connectivity index (χ0n) is 17.1. The van der Waals surface area contributed by atoms with E-state index in [2.05, 4.69) is 5.32 Å². The fourth-order valence-electron chi connectivity index (χ4n) is 3.41. The van der Waals surface area contributed by atoms with E-state index >= 15 is 0 Å². The first-order valence-electron chi connectivity index (χ1n) is 9.72. The number of rotatable bonds is 6. The summed E-state index contributed by atoms with van der Waals surface area (Å²) in [4.78, 5) is 39.3. The van der Waals surface area contributed by atoms with Gasteiger partial charge in [0, 0.05) is 5.70 Å². The van der Waals surface area contributed by atoms with E-state index in [0.29, 0.717) is 16.8 Å². The summed E-state index contributed by atoms with van der Waals surface area (Å²) in [5.41, 5.74) is 1.79. The van der Waals surface area contributed by atoms with Crippen LogP contribution in [0.4, 0.5) is 4.79 Å². The van der Waals surface area contributed by atoms with Crippen molar-refractivity contribution in [3.8, 4) is 0 Å². The average molecular weight is 408 g/mol. The molecule has 7 heteroatoms. The van der Waals surface area contributed by atoms with Crippen LogP contribution in [0.3, 0.4) is 0 Å². The first-order valence-corrected chi connectivity index (χ1v) is 9.72. The molecule has 2 atom stereocenters. The molecule has 1 heterocycles. The number of carbonyl (C=O) groups is 3. The van der Waals surface area contributed by atoms with Gasteiger partial charge in [-0.1, -0.05) is 48.5 Å². The molecule has 0 radical (unpaired) electrons. The van der Waals surface area contributed by atoms with Gasteiger partial charge in [-0.3, -0.25) is 4.90 Å². The van der Waals surface area contributed by atoms with Crippen LogP contribution in [-0.4, -0.2) is 35.7 Å². The van der Waals surface area contributed by atoms with E-state index in [9.17, 15) is 14.4 Å². The third-order valence-corrected chi connectivity index (χ3v) is 4.81. The Bertz CT molecular complexity index is 956. The van der Waals surface area contributed by atoms with E-state index in [1.807, 2.05) is 30.3 Å². The van der Waals surface area contributed by atoms with Crippen molar-refractivity contribution in [3.05, 3.63) is 83.1 Å². The number of carbonyl (C=O) groups excluding carboxylic acids is 3. The van der Waals surface area contributed by atoms with Gasteiger partial charge in [0.2, 0.25) is 0 Å². The predicted molar refractivity (Wildman–Crippen MR) is 110 cm³/mol. The minimum absolute atomic E-state index is 0.198. The number of nitrogens with one attached hydrogen (secondary N) is 1. The van der Waals surface area contributed by atoms with Crippen molar-refractivity contribution in [3.63, 3.8) is 0 Å². The van der Waals surface area contributed by atoms with E-state index in [1.165, 1.54) is 4.90 Å². The van der Waals surface area contributed by atoms with Crippen molar-refractivity contribution in [1.29, 1.82) is 0 Å². The number of urea groups is 1. The van der Waals surface area contributed by atoms with Gasteiger partial charge in [-0.25, -0.2) is 14.4 Å². The molecule has 0 saturated carbocycles. The van der Waals surface area contributed by atoms with Gasteiger partial charge in [0.05, 0.1) is 23.8 Å². The smallest absolute Gasteiger partial charge is 0.340 e. The number of allylic oxidation sites excluding steroid dienone is 1. The Morgan fingerprint density at radius 1 is 1.03 bits per heavy atom. The van der Waals surface area contributed by atoms with Gasteiger partial charge in [0.1, 0.15) is 0 Å². The number of esters is 2. The van der Waals surface area contributed by atoms with E-state index in [0.717, 1.165) is 5.56 Å². The van der Waals surface area contributed by atoms with Crippen LogP contribution in [0.15, 0.2) is 71.9 Å². The quantitative estimate of drug-likeness (QED) is 0.735. The minimum Gasteiger partial charge on any atom is -0.463 e. The Hall–Kier alpha value is -3.61. The standard InChI is InChI=1S/C23H24N2O5/c1-4-29-22(27)19-15(2)25(16(3)30-21(26)18-13-9-6-10-14-18)23(28)24-20(19)17-11-7-5-8-12-17/h5-14,16,20H,4H2,1-3H3,(H,24,28). The molecule has 1 aliphatic heterocycles. The molecule has 0 spiro atoms. The maximum Gasteiger partial charge on any atom is 0.340 e. The van der Waals surface area contributed by atoms with Crippen molar-refractivity contribution in [1.82, 2.24) is 10.2 Å². The Labute approximate surface area is 175 Å². The van der Waals surface area contributed by atoms with Crippen molar-refractivity contribution >= 4 is 18.0 Å². The SMILES string of the molecule is CCOC(=O)C1=C(C)N(C(C)OC(=O)c2ccccc2)C(=O)NC1c1ccccc1. The monoisotopic (exact) mass is 408 g/mol. The van der Waals surface area contributed by atoms with Crippen LogP contribution < -0.4 is 5.32 Å². The highest BCUT2D eigenvalue weighted by Crippen LogP contribution is 2.32. The molecular weight excluding hydrogens is 384 g/mol. The Balaban J connectivity index is 1.94. The summed E-state index contributed by atoms with van der Waals surface area (Å²) in [7, 11) is 0. The summed E-state index contributed by atoms with van der Waals surface area (Å²) >= 11 is 0. The van der Waals surface area contributed by atoms with Crippen molar-refractivity contribution in [2.75, 3.05) is 6.61 Å². The van der Waals surface area contributed by atoms with E-state index in [1.54, 1.807) is 51.1 Å². The zero-order chi connectivity index (χ0) is 21.7. The molecule has 0 aliphatic carbocycles. The minimum atomic E-state index is -0.932. The van der Waals surface area contributed by atoms with Crippen LogP contribution >= 0.6 is 0 Å². The molecule has 30 heavy (non-hydrogen) atoms. The lowest BCUT2D eigenvalue weighted by atomic mass is 9.95. The molecule has 156 valence electrons. The lowest BCUT2D eigenvalue weighted by Gasteiger charge is -2.37. The molecule has 1 N–H and O–H groups in total. The molecule has 2 amide bonds. The maximum atomic E-state index is 12.9. The van der Waals surface area contributed by atoms with Gasteiger partial charge in [0.25, 0.3) is 0 Å². The van der Waals surface area contributed by atoms with E-state index in [-0.39, 0.29) is 6.61 Å². The van der Waals surface area contributed by atoms with Crippen molar-refractivity contribution in [2.24, 2.45) is 0 Å². The molecule has 0 aromatic heterocycles. The Morgan fingerprint density at radius 2 is 1.63 bits per heavy atom. The molecule has 1 aliphatic rings.